The Kier molecular flexibility index (Phi) is 12.0. The molecule has 12 heteroatoms. The number of aromatic nitrogens is 2. The van der Waals surface area contributed by atoms with Crippen LogP contribution >= 0.6 is 25.3 Å². The normalized spacial score (nSPS) is 23.6. The Morgan fingerprint density at radius 2 is 2.03 bits per heavy atom. The summed E-state index contributed by atoms with van der Waals surface area (Å²) < 4.78 is 20.5. The lowest BCUT2D eigenvalue weighted by Gasteiger charge is -2.21. The zero-order valence-corrected chi connectivity index (χ0v) is 19.7. The minimum Gasteiger partial charge on any atom is -0.394 e. The van der Waals surface area contributed by atoms with Crippen LogP contribution in [-0.4, -0.2) is 93.9 Å². The summed E-state index contributed by atoms with van der Waals surface area (Å²) in [6.45, 7) is 3.83. The van der Waals surface area contributed by atoms with Crippen molar-refractivity contribution in [1.82, 2.24) is 19.8 Å². The highest BCUT2D eigenvalue weighted by Crippen LogP contribution is 2.30. The van der Waals surface area contributed by atoms with Crippen molar-refractivity contribution in [2.24, 2.45) is 0 Å². The fourth-order valence-corrected chi connectivity index (χ4v) is 3.89. The number of hydrogen-bond donors (Lipinski definition) is 6. The number of allylic oxidation sites excluding steroid dienone is 1. The van der Waals surface area contributed by atoms with Crippen molar-refractivity contribution in [3.63, 3.8) is 0 Å². The van der Waals surface area contributed by atoms with E-state index in [1.807, 2.05) is 6.08 Å². The molecular formula is C20H33FN4O5S2. The van der Waals surface area contributed by atoms with E-state index in [9.17, 15) is 24.2 Å². The number of nitrogens with one attached hydrogen (secondary N) is 2. The molecule has 1 aromatic heterocycles. The van der Waals surface area contributed by atoms with Gasteiger partial charge in [-0.25, -0.2) is 9.18 Å². The predicted molar refractivity (Wildman–Crippen MR) is 129 cm³/mol. The van der Waals surface area contributed by atoms with Gasteiger partial charge < -0.3 is 25.2 Å². The molecule has 0 aliphatic carbocycles. The Morgan fingerprint density at radius 1 is 1.25 bits per heavy atom. The summed E-state index contributed by atoms with van der Waals surface area (Å²) in [6.07, 6.45) is 0.162. The lowest BCUT2D eigenvalue weighted by Crippen LogP contribution is -2.36. The van der Waals surface area contributed by atoms with Crippen LogP contribution in [0, 0.1) is 0 Å². The lowest BCUT2D eigenvalue weighted by molar-refractivity contribution is -0.0491. The first-order chi connectivity index (χ1) is 15.4. The van der Waals surface area contributed by atoms with E-state index in [0.717, 1.165) is 55.2 Å². The van der Waals surface area contributed by atoms with Gasteiger partial charge in [-0.05, 0) is 19.4 Å². The highest BCUT2D eigenvalue weighted by molar-refractivity contribution is 7.80. The lowest BCUT2D eigenvalue weighted by atomic mass is 10.1. The van der Waals surface area contributed by atoms with Gasteiger partial charge in [0.05, 0.1) is 12.2 Å². The van der Waals surface area contributed by atoms with Crippen molar-refractivity contribution in [1.29, 1.82) is 0 Å². The number of aliphatic hydroxyl groups is 2. The number of hydrogen-bond acceptors (Lipinski definition) is 9. The topological polar surface area (TPSA) is 120 Å². The van der Waals surface area contributed by atoms with E-state index in [4.69, 9.17) is 4.74 Å². The molecule has 1 fully saturated rings. The van der Waals surface area contributed by atoms with E-state index in [0.29, 0.717) is 6.42 Å². The number of halogens is 1. The quantitative estimate of drug-likeness (QED) is 0.155. The van der Waals surface area contributed by atoms with Gasteiger partial charge >= 0.3 is 5.69 Å². The van der Waals surface area contributed by atoms with Gasteiger partial charge in [0.1, 0.15) is 12.2 Å². The van der Waals surface area contributed by atoms with E-state index in [2.05, 4.69) is 40.5 Å². The van der Waals surface area contributed by atoms with Crippen molar-refractivity contribution < 1.29 is 19.3 Å². The molecule has 4 atom stereocenters. The second kappa shape index (κ2) is 14.2. The standard InChI is InChI=1S/C20H33FN4O5S2/c21-16-17(27)15(13-26)30-19(16)25-12-14(18(28)23-20(25)29)4-2-1-3-7-24(9-11-32)8-5-22-6-10-31/h2,4,12,15-17,19,22,26-27,31-32H,1,3,5-11,13H2,(H,23,28,29)/b4-2+/t15-,16-,17-,19-/m1/s1. The van der Waals surface area contributed by atoms with Crippen LogP contribution in [0.1, 0.15) is 24.6 Å². The van der Waals surface area contributed by atoms with Crippen LogP contribution in [0.5, 0.6) is 0 Å². The molecule has 182 valence electrons. The molecule has 0 spiro atoms. The van der Waals surface area contributed by atoms with Gasteiger partial charge in [-0.1, -0.05) is 12.2 Å². The van der Waals surface area contributed by atoms with Crippen molar-refractivity contribution >= 4 is 31.3 Å². The van der Waals surface area contributed by atoms with E-state index < -0.39 is 42.5 Å². The van der Waals surface area contributed by atoms with Crippen LogP contribution in [0.2, 0.25) is 0 Å². The molecule has 0 bridgehead atoms. The molecule has 0 unspecified atom stereocenters. The van der Waals surface area contributed by atoms with Gasteiger partial charge in [-0.15, -0.1) is 0 Å². The smallest absolute Gasteiger partial charge is 0.330 e. The summed E-state index contributed by atoms with van der Waals surface area (Å²) in [5.41, 5.74) is -1.27. The second-order valence-corrected chi connectivity index (χ2v) is 8.41. The maximum atomic E-state index is 14.4. The first kappa shape index (κ1) is 27.1. The molecule has 0 radical (unpaired) electrons. The highest BCUT2D eigenvalue weighted by atomic mass is 32.1. The molecule has 2 rings (SSSR count). The molecule has 1 aliphatic rings. The number of alkyl halides is 1. The third-order valence-corrected chi connectivity index (χ3v) is 5.62. The maximum absolute atomic E-state index is 14.4. The summed E-state index contributed by atoms with van der Waals surface area (Å²) in [5, 5.41) is 22.3. The largest absolute Gasteiger partial charge is 0.394 e. The third-order valence-electron chi connectivity index (χ3n) is 5.20. The van der Waals surface area contributed by atoms with Gasteiger partial charge in [0.2, 0.25) is 0 Å². The number of thiol groups is 2. The van der Waals surface area contributed by atoms with E-state index in [1.165, 1.54) is 6.20 Å². The SMILES string of the molecule is O=c1[nH]c(=O)n([C@@H]2O[C@H](CO)[C@@H](O)[C@H]2F)cc1/C=C/CCCN(CCS)CCNCCS. The first-order valence-corrected chi connectivity index (χ1v) is 11.9. The molecule has 0 aromatic carbocycles. The van der Waals surface area contributed by atoms with Gasteiger partial charge in [0.15, 0.2) is 12.4 Å². The molecule has 2 heterocycles. The third kappa shape index (κ3) is 7.72. The number of aromatic amines is 1. The number of nitrogens with zero attached hydrogens (tertiary/aromatic N) is 2. The van der Waals surface area contributed by atoms with Crippen molar-refractivity contribution in [2.75, 3.05) is 50.8 Å². The zero-order chi connectivity index (χ0) is 23.5. The van der Waals surface area contributed by atoms with Gasteiger partial charge in [-0.2, -0.15) is 25.3 Å². The van der Waals surface area contributed by atoms with Gasteiger partial charge in [0, 0.05) is 43.9 Å². The monoisotopic (exact) mass is 492 g/mol. The van der Waals surface area contributed by atoms with E-state index >= 15 is 0 Å². The fraction of sp³-hybridized carbons (Fsp3) is 0.700. The maximum Gasteiger partial charge on any atom is 0.330 e. The predicted octanol–water partition coefficient (Wildman–Crippen LogP) is -0.330. The number of ether oxygens (including phenoxy) is 1. The van der Waals surface area contributed by atoms with Crippen LogP contribution < -0.4 is 16.6 Å². The summed E-state index contributed by atoms with van der Waals surface area (Å²) in [6, 6.07) is 0. The number of aliphatic hydroxyl groups excluding tert-OH is 2. The van der Waals surface area contributed by atoms with Crippen molar-refractivity contribution in [2.45, 2.75) is 37.4 Å². The van der Waals surface area contributed by atoms with Crippen LogP contribution in [0.25, 0.3) is 6.08 Å². The molecule has 9 nitrogen and oxygen atoms in total. The molecule has 1 aromatic rings. The Labute approximate surface area is 197 Å². The average molecular weight is 493 g/mol. The fourth-order valence-electron chi connectivity index (χ4n) is 3.45. The highest BCUT2D eigenvalue weighted by Gasteiger charge is 2.45. The van der Waals surface area contributed by atoms with Gasteiger partial charge in [0.25, 0.3) is 5.56 Å². The van der Waals surface area contributed by atoms with Gasteiger partial charge in [-0.3, -0.25) is 14.3 Å². The molecule has 32 heavy (non-hydrogen) atoms. The zero-order valence-electron chi connectivity index (χ0n) is 17.9. The molecule has 1 saturated heterocycles. The second-order valence-electron chi connectivity index (χ2n) is 7.52. The average Bonchev–Trinajstić information content (AvgIpc) is 3.06. The molecule has 4 N–H and O–H groups in total. The van der Waals surface area contributed by atoms with Crippen LogP contribution in [-0.2, 0) is 4.74 Å². The van der Waals surface area contributed by atoms with Crippen molar-refractivity contribution in [3.05, 3.63) is 38.7 Å². The minimum atomic E-state index is -1.91. The number of H-pyrrole nitrogens is 1. The minimum absolute atomic E-state index is 0.172. The summed E-state index contributed by atoms with van der Waals surface area (Å²) in [7, 11) is 0. The molecule has 0 saturated carbocycles. The van der Waals surface area contributed by atoms with Crippen LogP contribution in [0.4, 0.5) is 4.39 Å². The molecule has 0 amide bonds. The summed E-state index contributed by atoms with van der Waals surface area (Å²) in [5.74, 6) is 1.56. The Hall–Kier alpha value is -1.15. The van der Waals surface area contributed by atoms with Crippen LogP contribution in [0.15, 0.2) is 21.9 Å². The molecular weight excluding hydrogens is 459 g/mol. The molecule has 1 aliphatic heterocycles. The Bertz CT molecular complexity index is 837. The summed E-state index contributed by atoms with van der Waals surface area (Å²) >= 11 is 8.47. The van der Waals surface area contributed by atoms with E-state index in [1.54, 1.807) is 6.08 Å². The number of rotatable bonds is 14. The first-order valence-electron chi connectivity index (χ1n) is 10.7. The van der Waals surface area contributed by atoms with E-state index in [-0.39, 0.29) is 5.56 Å². The summed E-state index contributed by atoms with van der Waals surface area (Å²) in [4.78, 5) is 28.7. The Balaban J connectivity index is 1.95. The van der Waals surface area contributed by atoms with Crippen LogP contribution in [0.3, 0.4) is 0 Å². The number of unbranched alkanes of at least 4 members (excludes halogenated alkanes) is 1. The Morgan fingerprint density at radius 3 is 2.69 bits per heavy atom. The van der Waals surface area contributed by atoms with Crippen molar-refractivity contribution in [3.8, 4) is 0 Å².